The van der Waals surface area contributed by atoms with Gasteiger partial charge in [-0.25, -0.2) is 9.37 Å². The summed E-state index contributed by atoms with van der Waals surface area (Å²) in [5.74, 6) is -0.922. The molecule has 1 amide bonds. The number of hydrogen-bond donors (Lipinski definition) is 1. The van der Waals surface area contributed by atoms with E-state index in [1.165, 1.54) is 28.7 Å². The first-order valence-corrected chi connectivity index (χ1v) is 9.00. The van der Waals surface area contributed by atoms with Gasteiger partial charge in [-0.2, -0.15) is 13.2 Å². The van der Waals surface area contributed by atoms with E-state index < -0.39 is 23.5 Å². The highest BCUT2D eigenvalue weighted by atomic mass is 19.4. The van der Waals surface area contributed by atoms with Crippen LogP contribution in [0.1, 0.15) is 11.1 Å². The second-order valence-electron chi connectivity index (χ2n) is 6.67. The van der Waals surface area contributed by atoms with Crippen molar-refractivity contribution in [1.82, 2.24) is 9.38 Å². The maximum Gasteiger partial charge on any atom is 0.416 e. The van der Waals surface area contributed by atoms with Crippen LogP contribution in [0.3, 0.4) is 0 Å². The quantitative estimate of drug-likeness (QED) is 0.459. The van der Waals surface area contributed by atoms with Crippen molar-refractivity contribution in [2.45, 2.75) is 12.6 Å². The first-order valence-electron chi connectivity index (χ1n) is 9.00. The normalized spacial score (nSPS) is 11.6. The molecule has 4 rings (SSSR count). The number of imidazole rings is 1. The van der Waals surface area contributed by atoms with Crippen molar-refractivity contribution in [2.24, 2.45) is 0 Å². The molecule has 0 spiro atoms. The van der Waals surface area contributed by atoms with Gasteiger partial charge in [-0.1, -0.05) is 42.5 Å². The van der Waals surface area contributed by atoms with Gasteiger partial charge in [-0.3, -0.25) is 9.20 Å². The Hall–Kier alpha value is -3.68. The monoisotopic (exact) mass is 413 g/mol. The van der Waals surface area contributed by atoms with Crippen molar-refractivity contribution < 1.29 is 22.4 Å². The summed E-state index contributed by atoms with van der Waals surface area (Å²) < 4.78 is 54.7. The molecule has 0 atom stereocenters. The van der Waals surface area contributed by atoms with Crippen molar-refractivity contribution in [3.8, 4) is 11.3 Å². The lowest BCUT2D eigenvalue weighted by molar-refractivity contribution is -0.137. The number of pyridine rings is 1. The van der Waals surface area contributed by atoms with Crippen LogP contribution in [0.15, 0.2) is 72.9 Å². The molecule has 2 heterocycles. The predicted octanol–water partition coefficient (Wildman–Crippen LogP) is 5.34. The number of carbonyl (C=O) groups excluding carboxylic acids is 1. The number of halogens is 4. The Labute approximate surface area is 168 Å². The Balaban J connectivity index is 1.78. The summed E-state index contributed by atoms with van der Waals surface area (Å²) in [4.78, 5) is 16.8. The number of benzene rings is 2. The number of nitrogens with zero attached hydrogens (tertiary/aromatic N) is 2. The Kier molecular flexibility index (Phi) is 4.99. The van der Waals surface area contributed by atoms with E-state index in [0.29, 0.717) is 5.65 Å². The highest BCUT2D eigenvalue weighted by molar-refractivity contribution is 5.95. The van der Waals surface area contributed by atoms with Crippen LogP contribution in [0, 0.1) is 5.82 Å². The standard InChI is InChI=1S/C22H15F4N3O/c23-17-9-10-18-27-21(28-19(30)11-14-5-2-1-3-6-14)20(29(18)13-17)15-7-4-8-16(12-15)22(24,25)26/h1-10,12-13H,11H2,(H,28,30). The molecule has 0 radical (unpaired) electrons. The Morgan fingerprint density at radius 3 is 2.50 bits per heavy atom. The van der Waals surface area contributed by atoms with Crippen LogP contribution >= 0.6 is 0 Å². The van der Waals surface area contributed by atoms with Crippen LogP contribution in [0.5, 0.6) is 0 Å². The van der Waals surface area contributed by atoms with Gasteiger partial charge >= 0.3 is 6.18 Å². The number of aromatic nitrogens is 2. The van der Waals surface area contributed by atoms with E-state index in [9.17, 15) is 22.4 Å². The molecular weight excluding hydrogens is 398 g/mol. The van der Waals surface area contributed by atoms with Crippen molar-refractivity contribution in [2.75, 3.05) is 5.32 Å². The lowest BCUT2D eigenvalue weighted by atomic mass is 10.1. The largest absolute Gasteiger partial charge is 0.416 e. The summed E-state index contributed by atoms with van der Waals surface area (Å²) in [6.45, 7) is 0. The van der Waals surface area contributed by atoms with E-state index in [0.717, 1.165) is 23.9 Å². The van der Waals surface area contributed by atoms with Gasteiger partial charge in [0.2, 0.25) is 5.91 Å². The minimum atomic E-state index is -4.54. The topological polar surface area (TPSA) is 46.4 Å². The molecule has 0 saturated carbocycles. The lowest BCUT2D eigenvalue weighted by Crippen LogP contribution is -2.15. The van der Waals surface area contributed by atoms with Crippen LogP contribution in [0.2, 0.25) is 0 Å². The highest BCUT2D eigenvalue weighted by Gasteiger charge is 2.31. The Morgan fingerprint density at radius 1 is 1.00 bits per heavy atom. The van der Waals surface area contributed by atoms with Gasteiger partial charge in [0, 0.05) is 11.8 Å². The number of fused-ring (bicyclic) bond motifs is 1. The minimum Gasteiger partial charge on any atom is -0.309 e. The first-order chi connectivity index (χ1) is 14.3. The molecule has 0 aliphatic heterocycles. The van der Waals surface area contributed by atoms with Crippen molar-refractivity contribution >= 4 is 17.4 Å². The van der Waals surface area contributed by atoms with Gasteiger partial charge in [0.15, 0.2) is 5.82 Å². The molecule has 152 valence electrons. The van der Waals surface area contributed by atoms with Gasteiger partial charge in [-0.15, -0.1) is 0 Å². The fraction of sp³-hybridized carbons (Fsp3) is 0.0909. The molecule has 0 bridgehead atoms. The third-order valence-corrected chi connectivity index (χ3v) is 4.51. The van der Waals surface area contributed by atoms with E-state index in [4.69, 9.17) is 0 Å². The second-order valence-corrected chi connectivity index (χ2v) is 6.67. The number of alkyl halides is 3. The Morgan fingerprint density at radius 2 is 1.77 bits per heavy atom. The zero-order chi connectivity index (χ0) is 21.3. The molecule has 4 nitrogen and oxygen atoms in total. The average molecular weight is 413 g/mol. The SMILES string of the molecule is O=C(Cc1ccccc1)Nc1nc2ccc(F)cn2c1-c1cccc(C(F)(F)F)c1. The summed E-state index contributed by atoms with van der Waals surface area (Å²) in [6, 6.07) is 16.2. The van der Waals surface area contributed by atoms with E-state index in [-0.39, 0.29) is 23.5 Å². The van der Waals surface area contributed by atoms with Gasteiger partial charge in [0.1, 0.15) is 11.5 Å². The van der Waals surface area contributed by atoms with Crippen LogP contribution in [-0.2, 0) is 17.4 Å². The second kappa shape index (κ2) is 7.62. The molecule has 0 unspecified atom stereocenters. The van der Waals surface area contributed by atoms with Crippen molar-refractivity contribution in [3.05, 3.63) is 89.9 Å². The molecule has 0 aliphatic rings. The van der Waals surface area contributed by atoms with Crippen LogP contribution in [0.25, 0.3) is 16.9 Å². The molecule has 0 saturated heterocycles. The van der Waals surface area contributed by atoms with Crippen molar-refractivity contribution in [3.63, 3.8) is 0 Å². The number of carbonyl (C=O) groups is 1. The number of anilines is 1. The molecular formula is C22H15F4N3O. The van der Waals surface area contributed by atoms with E-state index in [1.54, 1.807) is 24.3 Å². The fourth-order valence-electron chi connectivity index (χ4n) is 3.18. The molecule has 4 aromatic rings. The first kappa shape index (κ1) is 19.6. The summed E-state index contributed by atoms with van der Waals surface area (Å²) in [6.07, 6.45) is -3.37. The molecule has 2 aromatic carbocycles. The molecule has 8 heteroatoms. The number of rotatable bonds is 4. The third-order valence-electron chi connectivity index (χ3n) is 4.51. The fourth-order valence-corrected chi connectivity index (χ4v) is 3.18. The summed E-state index contributed by atoms with van der Waals surface area (Å²) in [7, 11) is 0. The third kappa shape index (κ3) is 4.03. The van der Waals surface area contributed by atoms with Crippen LogP contribution < -0.4 is 5.32 Å². The molecule has 2 aromatic heterocycles. The molecule has 0 aliphatic carbocycles. The zero-order valence-corrected chi connectivity index (χ0v) is 15.4. The van der Waals surface area contributed by atoms with Gasteiger partial charge in [0.25, 0.3) is 0 Å². The smallest absolute Gasteiger partial charge is 0.309 e. The van der Waals surface area contributed by atoms with Crippen LogP contribution in [-0.4, -0.2) is 15.3 Å². The van der Waals surface area contributed by atoms with Gasteiger partial charge in [0.05, 0.1) is 17.7 Å². The molecule has 30 heavy (non-hydrogen) atoms. The number of nitrogens with one attached hydrogen (secondary N) is 1. The van der Waals surface area contributed by atoms with Crippen LogP contribution in [0.4, 0.5) is 23.4 Å². The summed E-state index contributed by atoms with van der Waals surface area (Å²) >= 11 is 0. The lowest BCUT2D eigenvalue weighted by Gasteiger charge is -2.11. The minimum absolute atomic E-state index is 0.0563. The summed E-state index contributed by atoms with van der Waals surface area (Å²) in [5, 5.41) is 2.65. The molecule has 1 N–H and O–H groups in total. The maximum atomic E-state index is 13.8. The highest BCUT2D eigenvalue weighted by Crippen LogP contribution is 2.35. The van der Waals surface area contributed by atoms with Gasteiger partial charge in [-0.05, 0) is 29.8 Å². The van der Waals surface area contributed by atoms with E-state index in [2.05, 4.69) is 10.3 Å². The number of hydrogen-bond acceptors (Lipinski definition) is 2. The maximum absolute atomic E-state index is 13.8. The van der Waals surface area contributed by atoms with E-state index in [1.807, 2.05) is 6.07 Å². The predicted molar refractivity (Wildman–Crippen MR) is 104 cm³/mol. The zero-order valence-electron chi connectivity index (χ0n) is 15.4. The Bertz CT molecular complexity index is 1220. The number of amides is 1. The summed E-state index contributed by atoms with van der Waals surface area (Å²) in [5.41, 5.74) is 0.520. The van der Waals surface area contributed by atoms with E-state index >= 15 is 0 Å². The average Bonchev–Trinajstić information content (AvgIpc) is 3.05. The molecule has 0 fully saturated rings. The van der Waals surface area contributed by atoms with Gasteiger partial charge < -0.3 is 5.32 Å². The van der Waals surface area contributed by atoms with Crippen molar-refractivity contribution in [1.29, 1.82) is 0 Å².